The lowest BCUT2D eigenvalue weighted by Crippen LogP contribution is -2.43. The lowest BCUT2D eigenvalue weighted by molar-refractivity contribution is -0.117. The first-order chi connectivity index (χ1) is 12.9. The van der Waals surface area contributed by atoms with E-state index in [0.29, 0.717) is 16.4 Å². The number of rotatable bonds is 4. The highest BCUT2D eigenvalue weighted by molar-refractivity contribution is 7.85. The van der Waals surface area contributed by atoms with Crippen molar-refractivity contribution < 1.29 is 23.6 Å². The summed E-state index contributed by atoms with van der Waals surface area (Å²) in [6, 6.07) is 12.8. The second-order valence-corrected chi connectivity index (χ2v) is 8.41. The van der Waals surface area contributed by atoms with Gasteiger partial charge in [-0.2, -0.15) is 0 Å². The Morgan fingerprint density at radius 2 is 1.89 bits per heavy atom. The molecule has 6 heteroatoms. The third-order valence-electron chi connectivity index (χ3n) is 5.01. The molecule has 4 rings (SSSR count). The van der Waals surface area contributed by atoms with Crippen LogP contribution in [0.15, 0.2) is 59.5 Å². The van der Waals surface area contributed by atoms with E-state index in [9.17, 15) is 14.1 Å². The summed E-state index contributed by atoms with van der Waals surface area (Å²) in [5, 5.41) is 11.3. The van der Waals surface area contributed by atoms with Crippen molar-refractivity contribution in [2.75, 3.05) is 12.5 Å². The van der Waals surface area contributed by atoms with Crippen LogP contribution >= 0.6 is 0 Å². The molecule has 1 unspecified atom stereocenters. The summed E-state index contributed by atoms with van der Waals surface area (Å²) in [7, 11) is -1.40. The van der Waals surface area contributed by atoms with E-state index in [1.165, 1.54) is 12.2 Å². The van der Waals surface area contributed by atoms with E-state index in [1.807, 2.05) is 37.3 Å². The Morgan fingerprint density at radius 1 is 1.15 bits per heavy atom. The average molecular weight is 384 g/mol. The number of benzene rings is 2. The zero-order valence-corrected chi connectivity index (χ0v) is 15.7. The van der Waals surface area contributed by atoms with Crippen LogP contribution in [0.5, 0.6) is 11.5 Å². The highest BCUT2D eigenvalue weighted by Crippen LogP contribution is 2.41. The number of ether oxygens (including phenoxy) is 2. The molecule has 1 aliphatic heterocycles. The Kier molecular flexibility index (Phi) is 4.61. The third-order valence-corrected chi connectivity index (χ3v) is 6.53. The molecular weight excluding hydrogens is 364 g/mol. The molecule has 2 aromatic rings. The van der Waals surface area contributed by atoms with E-state index in [-0.39, 0.29) is 24.7 Å². The summed E-state index contributed by atoms with van der Waals surface area (Å²) in [6.07, 6.45) is 3.02. The molecule has 140 valence electrons. The topological polar surface area (TPSA) is 72.8 Å². The molecule has 0 amide bonds. The van der Waals surface area contributed by atoms with Crippen LogP contribution in [-0.4, -0.2) is 33.2 Å². The van der Waals surface area contributed by atoms with Crippen molar-refractivity contribution in [3.63, 3.8) is 0 Å². The quantitative estimate of drug-likeness (QED) is 0.878. The van der Waals surface area contributed by atoms with Gasteiger partial charge in [0.1, 0.15) is 5.60 Å². The monoisotopic (exact) mass is 384 g/mol. The minimum Gasteiger partial charge on any atom is -0.454 e. The van der Waals surface area contributed by atoms with Crippen molar-refractivity contribution in [3.05, 3.63) is 65.7 Å². The van der Waals surface area contributed by atoms with Gasteiger partial charge in [0.25, 0.3) is 0 Å². The van der Waals surface area contributed by atoms with Crippen LogP contribution in [-0.2, 0) is 15.6 Å². The fourth-order valence-corrected chi connectivity index (χ4v) is 4.79. The number of ketones is 1. The molecule has 2 aromatic carbocycles. The van der Waals surface area contributed by atoms with E-state index in [0.717, 1.165) is 11.1 Å². The van der Waals surface area contributed by atoms with E-state index >= 15 is 0 Å². The number of fused-ring (bicyclic) bond motifs is 1. The molecule has 27 heavy (non-hydrogen) atoms. The lowest BCUT2D eigenvalue weighted by Gasteiger charge is -2.36. The van der Waals surface area contributed by atoms with E-state index in [1.54, 1.807) is 12.1 Å². The maximum Gasteiger partial charge on any atom is 0.231 e. The predicted octanol–water partition coefficient (Wildman–Crippen LogP) is 2.88. The molecule has 1 aliphatic carbocycles. The largest absolute Gasteiger partial charge is 0.454 e. The molecular formula is C21H20O5S. The van der Waals surface area contributed by atoms with E-state index in [4.69, 9.17) is 9.47 Å². The number of hydrogen-bond donors (Lipinski definition) is 1. The molecule has 0 spiro atoms. The molecule has 0 saturated carbocycles. The molecule has 1 heterocycles. The molecule has 3 atom stereocenters. The Bertz CT molecular complexity index is 934. The number of carbonyl (C=O) groups excluding carboxylic acids is 1. The molecule has 0 saturated heterocycles. The molecule has 0 fully saturated rings. The van der Waals surface area contributed by atoms with Crippen molar-refractivity contribution in [2.24, 2.45) is 0 Å². The van der Waals surface area contributed by atoms with Crippen LogP contribution in [0.1, 0.15) is 23.5 Å². The van der Waals surface area contributed by atoms with Gasteiger partial charge in [-0.15, -0.1) is 0 Å². The van der Waals surface area contributed by atoms with Gasteiger partial charge >= 0.3 is 0 Å². The highest BCUT2D eigenvalue weighted by atomic mass is 32.2. The van der Waals surface area contributed by atoms with Crippen LogP contribution in [0.4, 0.5) is 0 Å². The second-order valence-electron chi connectivity index (χ2n) is 6.96. The van der Waals surface area contributed by atoms with Crippen molar-refractivity contribution in [2.45, 2.75) is 29.8 Å². The summed E-state index contributed by atoms with van der Waals surface area (Å²) >= 11 is 0. The van der Waals surface area contributed by atoms with E-state index < -0.39 is 22.3 Å². The van der Waals surface area contributed by atoms with Crippen LogP contribution < -0.4 is 9.47 Å². The van der Waals surface area contributed by atoms with Gasteiger partial charge in [-0.05, 0) is 48.9 Å². The second kappa shape index (κ2) is 6.94. The first-order valence-electron chi connectivity index (χ1n) is 8.74. The van der Waals surface area contributed by atoms with Crippen LogP contribution in [0.3, 0.4) is 0 Å². The van der Waals surface area contributed by atoms with Crippen LogP contribution in [0.25, 0.3) is 0 Å². The van der Waals surface area contributed by atoms with Gasteiger partial charge in [-0.25, -0.2) is 0 Å². The van der Waals surface area contributed by atoms with Crippen molar-refractivity contribution in [1.82, 2.24) is 0 Å². The van der Waals surface area contributed by atoms with Gasteiger partial charge in [0.15, 0.2) is 17.3 Å². The summed E-state index contributed by atoms with van der Waals surface area (Å²) < 4.78 is 23.6. The summed E-state index contributed by atoms with van der Waals surface area (Å²) in [4.78, 5) is 12.7. The maximum absolute atomic E-state index is 12.9. The molecule has 0 bridgehead atoms. The highest BCUT2D eigenvalue weighted by Gasteiger charge is 2.41. The first kappa shape index (κ1) is 17.9. The Labute approximate surface area is 160 Å². The van der Waals surface area contributed by atoms with Gasteiger partial charge in [0.05, 0.1) is 16.6 Å². The fourth-order valence-electron chi connectivity index (χ4n) is 3.47. The summed E-state index contributed by atoms with van der Waals surface area (Å²) in [6.45, 7) is 2.12. The molecule has 2 aliphatic rings. The Morgan fingerprint density at radius 3 is 2.67 bits per heavy atom. The standard InChI is InChI=1S/C21H20O5S/c1-14-2-5-17(6-3-14)27(24)12-21(23)9-8-16(22)11-18(21)15-4-7-19-20(10-15)26-13-25-19/h2-10,18,23H,11-13H2,1H3/t18-,21+,27?/m1/s1. The zero-order chi connectivity index (χ0) is 19.0. The number of hydrogen-bond acceptors (Lipinski definition) is 5. The van der Waals surface area contributed by atoms with Gasteiger partial charge in [-0.1, -0.05) is 23.8 Å². The molecule has 5 nitrogen and oxygen atoms in total. The zero-order valence-electron chi connectivity index (χ0n) is 14.9. The van der Waals surface area contributed by atoms with Gasteiger partial charge < -0.3 is 14.6 Å². The van der Waals surface area contributed by atoms with E-state index in [2.05, 4.69) is 0 Å². The number of aryl methyl sites for hydroxylation is 1. The smallest absolute Gasteiger partial charge is 0.231 e. The fraction of sp³-hybridized carbons (Fsp3) is 0.286. The minimum absolute atomic E-state index is 0.0128. The Hall–Kier alpha value is -2.44. The van der Waals surface area contributed by atoms with Crippen molar-refractivity contribution >= 4 is 16.6 Å². The summed E-state index contributed by atoms with van der Waals surface area (Å²) in [5.74, 6) is 0.681. The van der Waals surface area contributed by atoms with Crippen molar-refractivity contribution in [3.8, 4) is 11.5 Å². The van der Waals surface area contributed by atoms with Crippen molar-refractivity contribution in [1.29, 1.82) is 0 Å². The summed E-state index contributed by atoms with van der Waals surface area (Å²) in [5.41, 5.74) is 0.452. The normalized spacial score (nSPS) is 24.8. The first-order valence-corrected chi connectivity index (χ1v) is 10.1. The minimum atomic E-state index is -1.40. The van der Waals surface area contributed by atoms with Gasteiger partial charge in [0.2, 0.25) is 6.79 Å². The van der Waals surface area contributed by atoms with Crippen LogP contribution in [0.2, 0.25) is 0 Å². The number of carbonyl (C=O) groups is 1. The Balaban J connectivity index is 1.65. The molecule has 0 radical (unpaired) electrons. The molecule has 0 aromatic heterocycles. The lowest BCUT2D eigenvalue weighted by atomic mass is 9.76. The number of allylic oxidation sites excluding steroid dienone is 1. The third kappa shape index (κ3) is 3.55. The number of aliphatic hydroxyl groups is 1. The SMILES string of the molecule is Cc1ccc(S(=O)C[C@@]2(O)C=CC(=O)C[C@@H]2c2ccc3c(c2)OCO3)cc1. The van der Waals surface area contributed by atoms with Gasteiger partial charge in [-0.3, -0.25) is 9.00 Å². The predicted molar refractivity (Wildman–Crippen MR) is 101 cm³/mol. The van der Waals surface area contributed by atoms with Crippen LogP contribution in [0, 0.1) is 6.92 Å². The van der Waals surface area contributed by atoms with Gasteiger partial charge in [0, 0.05) is 17.2 Å². The maximum atomic E-state index is 12.9. The average Bonchev–Trinajstić information content (AvgIpc) is 3.12. The molecule has 1 N–H and O–H groups in total.